The quantitative estimate of drug-likeness (QED) is 0.877. The molecule has 1 N–H and O–H groups in total. The smallest absolute Gasteiger partial charge is 0.279 e. The van der Waals surface area contributed by atoms with Gasteiger partial charge >= 0.3 is 0 Å². The molecule has 21 heavy (non-hydrogen) atoms. The number of anilines is 1. The van der Waals surface area contributed by atoms with Crippen LogP contribution in [0.15, 0.2) is 69.9 Å². The third-order valence-corrected chi connectivity index (χ3v) is 2.91. The van der Waals surface area contributed by atoms with Crippen molar-refractivity contribution in [2.75, 3.05) is 5.01 Å². The molecule has 0 saturated heterocycles. The number of aromatic hydroxyl groups is 1. The first kappa shape index (κ1) is 13.0. The van der Waals surface area contributed by atoms with Crippen LogP contribution in [0.3, 0.4) is 0 Å². The van der Waals surface area contributed by atoms with Gasteiger partial charge in [0.2, 0.25) is 0 Å². The maximum absolute atomic E-state index is 12.2. The molecule has 0 aromatic heterocycles. The highest BCUT2D eigenvalue weighted by molar-refractivity contribution is 6.11. The van der Waals surface area contributed by atoms with E-state index in [1.54, 1.807) is 30.3 Å². The lowest BCUT2D eigenvalue weighted by Gasteiger charge is -2.11. The van der Waals surface area contributed by atoms with Crippen LogP contribution in [0.25, 0.3) is 0 Å². The Labute approximate surface area is 121 Å². The Bertz CT molecular complexity index is 713. The maximum Gasteiger partial charge on any atom is 0.279 e. The van der Waals surface area contributed by atoms with E-state index in [4.69, 9.17) is 0 Å². The van der Waals surface area contributed by atoms with Crippen LogP contribution in [-0.4, -0.2) is 23.3 Å². The number of carbonyl (C=O) groups is 1. The van der Waals surface area contributed by atoms with Crippen molar-refractivity contribution in [2.24, 2.45) is 15.3 Å². The summed E-state index contributed by atoms with van der Waals surface area (Å²) in [5.41, 5.74) is 1.17. The fraction of sp³-hybridized carbons (Fsp3) is 0.0667. The maximum atomic E-state index is 12.2. The van der Waals surface area contributed by atoms with Crippen molar-refractivity contribution in [1.29, 1.82) is 0 Å². The Morgan fingerprint density at radius 1 is 1.10 bits per heavy atom. The Balaban J connectivity index is 1.74. The highest BCUT2D eigenvalue weighted by atomic mass is 16.3. The average Bonchev–Trinajstić information content (AvgIpc) is 2.87. The van der Waals surface area contributed by atoms with Crippen molar-refractivity contribution < 1.29 is 9.90 Å². The fourth-order valence-electron chi connectivity index (χ4n) is 1.90. The lowest BCUT2D eigenvalue weighted by Crippen LogP contribution is -2.28. The van der Waals surface area contributed by atoms with Crippen molar-refractivity contribution in [3.63, 3.8) is 0 Å². The van der Waals surface area contributed by atoms with Gasteiger partial charge in [0.25, 0.3) is 5.91 Å². The van der Waals surface area contributed by atoms with Gasteiger partial charge in [-0.15, -0.1) is 0 Å². The SMILES string of the molecule is O=C1C(N=Nc2cccc(O)c2)C=NN1c1ccccc1. The molecule has 6 nitrogen and oxygen atoms in total. The Kier molecular flexibility index (Phi) is 3.42. The second-order valence-corrected chi connectivity index (χ2v) is 4.43. The van der Waals surface area contributed by atoms with E-state index in [0.29, 0.717) is 11.4 Å². The van der Waals surface area contributed by atoms with E-state index in [9.17, 15) is 9.90 Å². The van der Waals surface area contributed by atoms with E-state index in [0.717, 1.165) is 0 Å². The number of phenols is 1. The van der Waals surface area contributed by atoms with Crippen LogP contribution in [0.5, 0.6) is 5.75 Å². The van der Waals surface area contributed by atoms with E-state index in [-0.39, 0.29) is 11.7 Å². The minimum absolute atomic E-state index is 0.101. The standard InChI is InChI=1S/C15H12N4O2/c20-13-8-4-5-11(9-13)17-18-14-10-16-19(15(14)21)12-6-2-1-3-7-12/h1-10,14,20H. The molecule has 1 aliphatic heterocycles. The average molecular weight is 280 g/mol. The number of amides is 1. The van der Waals surface area contributed by atoms with Crippen LogP contribution >= 0.6 is 0 Å². The van der Waals surface area contributed by atoms with Gasteiger partial charge < -0.3 is 5.11 Å². The monoisotopic (exact) mass is 280 g/mol. The molecule has 0 spiro atoms. The van der Waals surface area contributed by atoms with Gasteiger partial charge in [-0.1, -0.05) is 24.3 Å². The molecule has 2 aromatic carbocycles. The summed E-state index contributed by atoms with van der Waals surface area (Å²) < 4.78 is 0. The van der Waals surface area contributed by atoms with E-state index in [1.165, 1.54) is 17.3 Å². The number of benzene rings is 2. The molecule has 104 valence electrons. The van der Waals surface area contributed by atoms with Crippen LogP contribution in [-0.2, 0) is 4.79 Å². The van der Waals surface area contributed by atoms with E-state index >= 15 is 0 Å². The van der Waals surface area contributed by atoms with Gasteiger partial charge in [0.05, 0.1) is 17.6 Å². The number of nitrogens with zero attached hydrogens (tertiary/aromatic N) is 4. The highest BCUT2D eigenvalue weighted by Gasteiger charge is 2.29. The molecule has 6 heteroatoms. The molecule has 0 radical (unpaired) electrons. The van der Waals surface area contributed by atoms with Crippen LogP contribution in [0.4, 0.5) is 11.4 Å². The molecule has 1 amide bonds. The second-order valence-electron chi connectivity index (χ2n) is 4.43. The van der Waals surface area contributed by atoms with E-state index in [1.807, 2.05) is 18.2 Å². The molecule has 0 bridgehead atoms. The second kappa shape index (κ2) is 5.54. The van der Waals surface area contributed by atoms with Crippen LogP contribution in [0.2, 0.25) is 0 Å². The van der Waals surface area contributed by atoms with Gasteiger partial charge in [0, 0.05) is 6.07 Å². The Morgan fingerprint density at radius 3 is 2.67 bits per heavy atom. The Hall–Kier alpha value is -3.02. The normalized spacial score (nSPS) is 17.8. The zero-order valence-electron chi connectivity index (χ0n) is 11.0. The molecule has 1 atom stereocenters. The molecule has 2 aromatic rings. The number of phenolic OH excluding ortho intramolecular Hbond substituents is 1. The first-order chi connectivity index (χ1) is 10.2. The summed E-state index contributed by atoms with van der Waals surface area (Å²) >= 11 is 0. The van der Waals surface area contributed by atoms with Gasteiger partial charge in [0.1, 0.15) is 5.75 Å². The predicted octanol–water partition coefficient (Wildman–Crippen LogP) is 2.88. The summed E-state index contributed by atoms with van der Waals surface area (Å²) in [4.78, 5) is 12.2. The minimum atomic E-state index is -0.743. The lowest BCUT2D eigenvalue weighted by molar-refractivity contribution is -0.117. The number of rotatable bonds is 3. The van der Waals surface area contributed by atoms with Gasteiger partial charge in [0.15, 0.2) is 6.04 Å². The molecular weight excluding hydrogens is 268 g/mol. The molecule has 1 heterocycles. The van der Waals surface area contributed by atoms with Gasteiger partial charge in [-0.3, -0.25) is 4.79 Å². The van der Waals surface area contributed by atoms with Crippen molar-refractivity contribution in [3.05, 3.63) is 54.6 Å². The Morgan fingerprint density at radius 2 is 1.90 bits per heavy atom. The molecule has 3 rings (SSSR count). The number of carbonyl (C=O) groups excluding carboxylic acids is 1. The number of hydrazone groups is 1. The predicted molar refractivity (Wildman–Crippen MR) is 78.8 cm³/mol. The zero-order chi connectivity index (χ0) is 14.7. The largest absolute Gasteiger partial charge is 0.508 e. The molecule has 0 fully saturated rings. The molecule has 0 aliphatic carbocycles. The summed E-state index contributed by atoms with van der Waals surface area (Å²) in [7, 11) is 0. The summed E-state index contributed by atoms with van der Waals surface area (Å²) in [6.07, 6.45) is 1.45. The minimum Gasteiger partial charge on any atom is -0.508 e. The van der Waals surface area contributed by atoms with Crippen molar-refractivity contribution in [2.45, 2.75) is 6.04 Å². The summed E-state index contributed by atoms with van der Waals surface area (Å²) in [5.74, 6) is -0.158. The fourth-order valence-corrected chi connectivity index (χ4v) is 1.90. The van der Waals surface area contributed by atoms with Crippen LogP contribution < -0.4 is 5.01 Å². The summed E-state index contributed by atoms with van der Waals surface area (Å²) in [6, 6.07) is 14.7. The highest BCUT2D eigenvalue weighted by Crippen LogP contribution is 2.22. The number of azo groups is 1. The summed E-state index contributed by atoms with van der Waals surface area (Å²) in [5, 5.41) is 22.6. The molecule has 1 unspecified atom stereocenters. The first-order valence-corrected chi connectivity index (χ1v) is 6.37. The van der Waals surface area contributed by atoms with Crippen LogP contribution in [0, 0.1) is 0 Å². The third-order valence-electron chi connectivity index (χ3n) is 2.91. The van der Waals surface area contributed by atoms with Crippen LogP contribution in [0.1, 0.15) is 0 Å². The topological polar surface area (TPSA) is 77.6 Å². The van der Waals surface area contributed by atoms with Crippen molar-refractivity contribution in [3.8, 4) is 5.75 Å². The third kappa shape index (κ3) is 2.79. The number of hydrogen-bond acceptors (Lipinski definition) is 5. The molecule has 1 aliphatic rings. The van der Waals surface area contributed by atoms with Gasteiger partial charge in [-0.25, -0.2) is 0 Å². The summed E-state index contributed by atoms with van der Waals surface area (Å²) in [6.45, 7) is 0. The zero-order valence-corrected chi connectivity index (χ0v) is 11.0. The molecule has 0 saturated carbocycles. The van der Waals surface area contributed by atoms with Crippen molar-refractivity contribution >= 4 is 23.5 Å². The van der Waals surface area contributed by atoms with E-state index in [2.05, 4.69) is 15.3 Å². The van der Waals surface area contributed by atoms with Crippen molar-refractivity contribution in [1.82, 2.24) is 0 Å². The first-order valence-electron chi connectivity index (χ1n) is 6.37. The molecular formula is C15H12N4O2. The van der Waals surface area contributed by atoms with Gasteiger partial charge in [-0.2, -0.15) is 20.3 Å². The van der Waals surface area contributed by atoms with E-state index < -0.39 is 6.04 Å². The number of para-hydroxylation sites is 1. The lowest BCUT2D eigenvalue weighted by atomic mass is 10.3. The van der Waals surface area contributed by atoms with Gasteiger partial charge in [-0.05, 0) is 24.3 Å². The number of hydrogen-bond donors (Lipinski definition) is 1.